The summed E-state index contributed by atoms with van der Waals surface area (Å²) < 4.78 is 28.0. The summed E-state index contributed by atoms with van der Waals surface area (Å²) in [5.41, 5.74) is 2.08. The molecule has 1 aromatic carbocycles. The smallest absolute Gasteiger partial charge is 0.252 e. The predicted octanol–water partition coefficient (Wildman–Crippen LogP) is 3.47. The van der Waals surface area contributed by atoms with E-state index in [2.05, 4.69) is 15.4 Å². The largest absolute Gasteiger partial charge is 0.348 e. The summed E-state index contributed by atoms with van der Waals surface area (Å²) in [5, 5.41) is 7.58. The van der Waals surface area contributed by atoms with Gasteiger partial charge in [-0.1, -0.05) is 26.8 Å². The molecule has 0 fully saturated rings. The highest BCUT2D eigenvalue weighted by Gasteiger charge is 2.22. The minimum absolute atomic E-state index is 0.0883. The molecule has 7 heteroatoms. The molecule has 1 N–H and O–H groups in total. The lowest BCUT2D eigenvalue weighted by molar-refractivity contribution is 0.0952. The highest BCUT2D eigenvalue weighted by molar-refractivity contribution is 6.05. The maximum absolute atomic E-state index is 13.3. The molecule has 2 heterocycles. The van der Waals surface area contributed by atoms with Crippen LogP contribution in [0.5, 0.6) is 0 Å². The molecule has 1 amide bonds. The highest BCUT2D eigenvalue weighted by Crippen LogP contribution is 2.26. The maximum atomic E-state index is 13.3. The topological polar surface area (TPSA) is 59.8 Å². The van der Waals surface area contributed by atoms with E-state index in [1.807, 2.05) is 20.8 Å². The normalized spacial score (nSPS) is 11.8. The van der Waals surface area contributed by atoms with Crippen LogP contribution in [0.3, 0.4) is 0 Å². The Balaban J connectivity index is 1.93. The number of amides is 1. The summed E-state index contributed by atoms with van der Waals surface area (Å²) >= 11 is 0. The zero-order valence-electron chi connectivity index (χ0n) is 15.1. The van der Waals surface area contributed by atoms with E-state index in [-0.39, 0.29) is 17.9 Å². The number of rotatable bonds is 3. The molecule has 0 radical (unpaired) electrons. The van der Waals surface area contributed by atoms with E-state index < -0.39 is 11.6 Å². The van der Waals surface area contributed by atoms with Crippen molar-refractivity contribution in [3.8, 4) is 0 Å². The molecule has 26 heavy (non-hydrogen) atoms. The summed E-state index contributed by atoms with van der Waals surface area (Å²) in [6.45, 7) is 6.13. The Morgan fingerprint density at radius 1 is 1.19 bits per heavy atom. The van der Waals surface area contributed by atoms with Gasteiger partial charge in [0.15, 0.2) is 17.3 Å². The summed E-state index contributed by atoms with van der Waals surface area (Å²) in [5.74, 6) is -2.17. The van der Waals surface area contributed by atoms with Gasteiger partial charge in [-0.15, -0.1) is 0 Å². The standard InChI is InChI=1S/C19H20F2N4O/c1-19(2,3)16-8-12(13-10-23-25(4)17(13)24-16)18(26)22-9-11-5-6-14(20)15(21)7-11/h5-8,10H,9H2,1-4H3,(H,22,26). The fourth-order valence-electron chi connectivity index (χ4n) is 2.61. The molecule has 0 atom stereocenters. The molecule has 0 aliphatic carbocycles. The van der Waals surface area contributed by atoms with Gasteiger partial charge in [0, 0.05) is 24.7 Å². The van der Waals surface area contributed by atoms with Crippen LogP contribution in [-0.2, 0) is 19.0 Å². The first-order valence-electron chi connectivity index (χ1n) is 8.22. The Morgan fingerprint density at radius 3 is 2.58 bits per heavy atom. The molecule has 0 saturated carbocycles. The number of aryl methyl sites for hydroxylation is 1. The van der Waals surface area contributed by atoms with Crippen molar-refractivity contribution < 1.29 is 13.6 Å². The van der Waals surface area contributed by atoms with E-state index in [4.69, 9.17) is 0 Å². The maximum Gasteiger partial charge on any atom is 0.252 e. The molecule has 2 aromatic heterocycles. The average molecular weight is 358 g/mol. The van der Waals surface area contributed by atoms with Crippen LogP contribution in [0.1, 0.15) is 42.4 Å². The monoisotopic (exact) mass is 358 g/mol. The number of carbonyl (C=O) groups excluding carboxylic acids is 1. The molecular formula is C19H20F2N4O. The number of benzene rings is 1. The number of carbonyl (C=O) groups is 1. The molecule has 3 aromatic rings. The van der Waals surface area contributed by atoms with E-state index in [1.54, 1.807) is 24.0 Å². The first kappa shape index (κ1) is 18.0. The van der Waals surface area contributed by atoms with Gasteiger partial charge >= 0.3 is 0 Å². The third-order valence-electron chi connectivity index (χ3n) is 4.16. The summed E-state index contributed by atoms with van der Waals surface area (Å²) in [6, 6.07) is 5.30. The van der Waals surface area contributed by atoms with Gasteiger partial charge in [-0.05, 0) is 23.8 Å². The highest BCUT2D eigenvalue weighted by atomic mass is 19.2. The molecule has 0 saturated heterocycles. The van der Waals surface area contributed by atoms with Crippen LogP contribution < -0.4 is 5.32 Å². The SMILES string of the molecule is Cn1ncc2c(C(=O)NCc3ccc(F)c(F)c3)cc(C(C)(C)C)nc21. The lowest BCUT2D eigenvalue weighted by atomic mass is 9.90. The molecular weight excluding hydrogens is 338 g/mol. The van der Waals surface area contributed by atoms with Crippen LogP contribution in [0.4, 0.5) is 8.78 Å². The van der Waals surface area contributed by atoms with Crippen molar-refractivity contribution >= 4 is 16.9 Å². The number of nitrogens with one attached hydrogen (secondary N) is 1. The quantitative estimate of drug-likeness (QED) is 0.780. The fourth-order valence-corrected chi connectivity index (χ4v) is 2.61. The van der Waals surface area contributed by atoms with E-state index in [9.17, 15) is 13.6 Å². The molecule has 3 rings (SSSR count). The lowest BCUT2D eigenvalue weighted by Crippen LogP contribution is -2.24. The summed E-state index contributed by atoms with van der Waals surface area (Å²) in [7, 11) is 1.77. The van der Waals surface area contributed by atoms with Crippen LogP contribution >= 0.6 is 0 Å². The van der Waals surface area contributed by atoms with Gasteiger partial charge < -0.3 is 5.32 Å². The number of pyridine rings is 1. The average Bonchev–Trinajstić information content (AvgIpc) is 2.95. The van der Waals surface area contributed by atoms with Crippen LogP contribution in [0.25, 0.3) is 11.0 Å². The second-order valence-corrected chi connectivity index (χ2v) is 7.24. The summed E-state index contributed by atoms with van der Waals surface area (Å²) in [4.78, 5) is 17.3. The van der Waals surface area contributed by atoms with E-state index >= 15 is 0 Å². The minimum atomic E-state index is -0.940. The van der Waals surface area contributed by atoms with Gasteiger partial charge in [-0.2, -0.15) is 5.10 Å². The number of fused-ring (bicyclic) bond motifs is 1. The van der Waals surface area contributed by atoms with Crippen LogP contribution in [-0.4, -0.2) is 20.7 Å². The Bertz CT molecular complexity index is 989. The van der Waals surface area contributed by atoms with Crippen molar-refractivity contribution in [3.05, 3.63) is 58.9 Å². The first-order valence-corrected chi connectivity index (χ1v) is 8.22. The van der Waals surface area contributed by atoms with Crippen molar-refractivity contribution in [2.24, 2.45) is 7.05 Å². The Hall–Kier alpha value is -2.83. The van der Waals surface area contributed by atoms with E-state index in [1.165, 1.54) is 6.07 Å². The molecule has 0 unspecified atom stereocenters. The third-order valence-corrected chi connectivity index (χ3v) is 4.16. The Morgan fingerprint density at radius 2 is 1.92 bits per heavy atom. The van der Waals surface area contributed by atoms with Crippen molar-refractivity contribution in [1.29, 1.82) is 0 Å². The minimum Gasteiger partial charge on any atom is -0.348 e. The second kappa shape index (κ2) is 6.48. The number of aromatic nitrogens is 3. The van der Waals surface area contributed by atoms with Crippen molar-refractivity contribution in [3.63, 3.8) is 0 Å². The van der Waals surface area contributed by atoms with Crippen molar-refractivity contribution in [1.82, 2.24) is 20.1 Å². The van der Waals surface area contributed by atoms with Crippen LogP contribution in [0.2, 0.25) is 0 Å². The fraction of sp³-hybridized carbons (Fsp3) is 0.316. The number of hydrogen-bond donors (Lipinski definition) is 1. The van der Waals surface area contributed by atoms with Crippen molar-refractivity contribution in [2.75, 3.05) is 0 Å². The summed E-state index contributed by atoms with van der Waals surface area (Å²) in [6.07, 6.45) is 1.60. The lowest BCUT2D eigenvalue weighted by Gasteiger charge is -2.19. The van der Waals surface area contributed by atoms with Crippen LogP contribution in [0, 0.1) is 11.6 Å². The zero-order chi connectivity index (χ0) is 19.1. The van der Waals surface area contributed by atoms with Gasteiger partial charge in [0.2, 0.25) is 0 Å². The number of halogens is 2. The number of nitrogens with zero attached hydrogens (tertiary/aromatic N) is 3. The van der Waals surface area contributed by atoms with E-state index in [0.717, 1.165) is 17.8 Å². The predicted molar refractivity (Wildman–Crippen MR) is 94.7 cm³/mol. The van der Waals surface area contributed by atoms with Crippen LogP contribution in [0.15, 0.2) is 30.5 Å². The second-order valence-electron chi connectivity index (χ2n) is 7.24. The third kappa shape index (κ3) is 3.42. The molecule has 5 nitrogen and oxygen atoms in total. The zero-order valence-corrected chi connectivity index (χ0v) is 15.1. The Kier molecular flexibility index (Phi) is 4.48. The van der Waals surface area contributed by atoms with Gasteiger partial charge in [-0.25, -0.2) is 13.8 Å². The Labute approximate surface area is 150 Å². The molecule has 0 spiro atoms. The number of hydrogen-bond acceptors (Lipinski definition) is 3. The first-order chi connectivity index (χ1) is 12.2. The molecule has 136 valence electrons. The van der Waals surface area contributed by atoms with Gasteiger partial charge in [-0.3, -0.25) is 9.48 Å². The molecule has 0 aliphatic rings. The van der Waals surface area contributed by atoms with Gasteiger partial charge in [0.05, 0.1) is 17.1 Å². The molecule has 0 aliphatic heterocycles. The molecule has 0 bridgehead atoms. The van der Waals surface area contributed by atoms with Gasteiger partial charge in [0.1, 0.15) is 0 Å². The van der Waals surface area contributed by atoms with Crippen molar-refractivity contribution in [2.45, 2.75) is 32.7 Å². The van der Waals surface area contributed by atoms with E-state index in [0.29, 0.717) is 22.2 Å². The van der Waals surface area contributed by atoms with Gasteiger partial charge in [0.25, 0.3) is 5.91 Å².